The lowest BCUT2D eigenvalue weighted by Gasteiger charge is -2.36. The molecule has 1 aliphatic rings. The van der Waals surface area contributed by atoms with E-state index in [1.165, 1.54) is 0 Å². The highest BCUT2D eigenvalue weighted by Crippen LogP contribution is 2.19. The number of halogens is 1. The lowest BCUT2D eigenvalue weighted by molar-refractivity contribution is -0.139. The Kier molecular flexibility index (Phi) is 4.09. The molecular weight excluding hydrogens is 252 g/mol. The summed E-state index contributed by atoms with van der Waals surface area (Å²) in [4.78, 5) is 13.8. The Balaban J connectivity index is 1.94. The van der Waals surface area contributed by atoms with Gasteiger partial charge >= 0.3 is 0 Å². The van der Waals surface area contributed by atoms with Gasteiger partial charge in [-0.25, -0.2) is 0 Å². The van der Waals surface area contributed by atoms with Crippen LogP contribution in [0.3, 0.4) is 0 Å². The van der Waals surface area contributed by atoms with E-state index in [1.54, 1.807) is 36.1 Å². The van der Waals surface area contributed by atoms with Crippen LogP contribution in [0.1, 0.15) is 6.92 Å². The van der Waals surface area contributed by atoms with Crippen LogP contribution in [-0.2, 0) is 4.79 Å². The van der Waals surface area contributed by atoms with Gasteiger partial charge in [0.05, 0.1) is 6.04 Å². The second-order valence-electron chi connectivity index (χ2n) is 4.48. The van der Waals surface area contributed by atoms with Crippen LogP contribution in [0, 0.1) is 0 Å². The molecule has 1 saturated heterocycles. The average molecular weight is 269 g/mol. The van der Waals surface area contributed by atoms with Gasteiger partial charge in [-0.1, -0.05) is 17.7 Å². The number of hydrogen-bond acceptors (Lipinski definition) is 3. The van der Waals surface area contributed by atoms with Crippen LogP contribution in [0.4, 0.5) is 0 Å². The van der Waals surface area contributed by atoms with Crippen molar-refractivity contribution in [3.63, 3.8) is 0 Å². The maximum Gasteiger partial charge on any atom is 0.263 e. The van der Waals surface area contributed by atoms with E-state index in [2.05, 4.69) is 5.32 Å². The fraction of sp³-hybridized carbons (Fsp3) is 0.462. The van der Waals surface area contributed by atoms with Crippen molar-refractivity contribution >= 4 is 17.5 Å². The first-order chi connectivity index (χ1) is 8.58. The molecule has 1 aromatic rings. The largest absolute Gasteiger partial charge is 0.481 e. The fourth-order valence-electron chi connectivity index (χ4n) is 1.81. The Bertz CT molecular complexity index is 435. The second-order valence-corrected chi connectivity index (χ2v) is 4.92. The normalized spacial score (nSPS) is 16.8. The molecule has 1 amide bonds. The summed E-state index contributed by atoms with van der Waals surface area (Å²) in [6, 6.07) is 7.35. The van der Waals surface area contributed by atoms with Crippen molar-refractivity contribution in [1.82, 2.24) is 10.2 Å². The molecule has 0 aliphatic carbocycles. The SMILES string of the molecule is CC(Oc1cccc(Cl)c1)C(=O)N(C)C1CNC1. The minimum absolute atomic E-state index is 0.0125. The van der Waals surface area contributed by atoms with Crippen molar-refractivity contribution in [2.75, 3.05) is 20.1 Å². The molecule has 1 fully saturated rings. The Morgan fingerprint density at radius 1 is 1.56 bits per heavy atom. The highest BCUT2D eigenvalue weighted by molar-refractivity contribution is 6.30. The maximum absolute atomic E-state index is 12.1. The van der Waals surface area contributed by atoms with Crippen molar-refractivity contribution in [3.05, 3.63) is 29.3 Å². The number of carbonyl (C=O) groups is 1. The molecule has 98 valence electrons. The number of likely N-dealkylation sites (N-methyl/N-ethyl adjacent to an activating group) is 1. The van der Waals surface area contributed by atoms with E-state index in [4.69, 9.17) is 16.3 Å². The summed E-state index contributed by atoms with van der Waals surface area (Å²) < 4.78 is 5.60. The smallest absolute Gasteiger partial charge is 0.263 e. The zero-order chi connectivity index (χ0) is 13.1. The van der Waals surface area contributed by atoms with E-state index >= 15 is 0 Å². The number of nitrogens with zero attached hydrogens (tertiary/aromatic N) is 1. The van der Waals surface area contributed by atoms with Gasteiger partial charge in [-0.3, -0.25) is 4.79 Å². The van der Waals surface area contributed by atoms with Crippen LogP contribution >= 0.6 is 11.6 Å². The first-order valence-electron chi connectivity index (χ1n) is 5.97. The topological polar surface area (TPSA) is 41.6 Å². The summed E-state index contributed by atoms with van der Waals surface area (Å²) in [6.07, 6.45) is -0.505. The maximum atomic E-state index is 12.1. The van der Waals surface area contributed by atoms with Gasteiger partial charge < -0.3 is 15.0 Å². The van der Waals surface area contributed by atoms with Crippen molar-refractivity contribution in [2.24, 2.45) is 0 Å². The quantitative estimate of drug-likeness (QED) is 0.901. The van der Waals surface area contributed by atoms with Crippen LogP contribution in [0.2, 0.25) is 5.02 Å². The molecular formula is C13H17ClN2O2. The van der Waals surface area contributed by atoms with Gasteiger partial charge in [0.15, 0.2) is 6.10 Å². The summed E-state index contributed by atoms with van der Waals surface area (Å²) in [5.41, 5.74) is 0. The van der Waals surface area contributed by atoms with Gasteiger partial charge in [0.2, 0.25) is 0 Å². The fourth-order valence-corrected chi connectivity index (χ4v) is 1.99. The first-order valence-corrected chi connectivity index (χ1v) is 6.35. The zero-order valence-electron chi connectivity index (χ0n) is 10.5. The Labute approximate surface area is 112 Å². The summed E-state index contributed by atoms with van der Waals surface area (Å²) in [5, 5.41) is 3.74. The molecule has 1 unspecified atom stereocenters. The third kappa shape index (κ3) is 2.94. The molecule has 1 N–H and O–H groups in total. The van der Waals surface area contributed by atoms with Crippen molar-refractivity contribution in [3.8, 4) is 5.75 Å². The third-order valence-corrected chi connectivity index (χ3v) is 3.35. The van der Waals surface area contributed by atoms with E-state index in [9.17, 15) is 4.79 Å². The lowest BCUT2D eigenvalue weighted by Crippen LogP contribution is -2.59. The first kappa shape index (κ1) is 13.2. The van der Waals surface area contributed by atoms with Gasteiger partial charge in [0.25, 0.3) is 5.91 Å². The summed E-state index contributed by atoms with van der Waals surface area (Å²) in [5.74, 6) is 0.602. The van der Waals surface area contributed by atoms with Crippen LogP contribution in [0.5, 0.6) is 5.75 Å². The minimum atomic E-state index is -0.505. The van der Waals surface area contributed by atoms with Crippen molar-refractivity contribution in [1.29, 1.82) is 0 Å². The molecule has 0 bridgehead atoms. The molecule has 0 aromatic heterocycles. The highest BCUT2D eigenvalue weighted by atomic mass is 35.5. The summed E-state index contributed by atoms with van der Waals surface area (Å²) in [7, 11) is 1.81. The lowest BCUT2D eigenvalue weighted by atomic mass is 10.1. The predicted octanol–water partition coefficient (Wildman–Crippen LogP) is 1.54. The molecule has 1 heterocycles. The summed E-state index contributed by atoms with van der Waals surface area (Å²) >= 11 is 5.87. The van der Waals surface area contributed by atoms with E-state index in [0.29, 0.717) is 10.8 Å². The predicted molar refractivity (Wildman–Crippen MR) is 71.0 cm³/mol. The van der Waals surface area contributed by atoms with Gasteiger partial charge in [0.1, 0.15) is 5.75 Å². The molecule has 1 atom stereocenters. The van der Waals surface area contributed by atoms with Crippen molar-refractivity contribution in [2.45, 2.75) is 19.1 Å². The number of hydrogen-bond donors (Lipinski definition) is 1. The number of amides is 1. The van der Waals surface area contributed by atoms with Crippen molar-refractivity contribution < 1.29 is 9.53 Å². The number of carbonyl (C=O) groups excluding carboxylic acids is 1. The number of nitrogens with one attached hydrogen (secondary N) is 1. The molecule has 5 heteroatoms. The molecule has 1 aromatic carbocycles. The average Bonchev–Trinajstić information content (AvgIpc) is 2.25. The van der Waals surface area contributed by atoms with E-state index in [-0.39, 0.29) is 11.9 Å². The van der Waals surface area contributed by atoms with Gasteiger partial charge in [-0.2, -0.15) is 0 Å². The number of benzene rings is 1. The molecule has 2 rings (SSSR count). The van der Waals surface area contributed by atoms with E-state index < -0.39 is 6.10 Å². The zero-order valence-corrected chi connectivity index (χ0v) is 11.3. The second kappa shape index (κ2) is 5.59. The highest BCUT2D eigenvalue weighted by Gasteiger charge is 2.28. The van der Waals surface area contributed by atoms with Crippen LogP contribution < -0.4 is 10.1 Å². The van der Waals surface area contributed by atoms with Gasteiger partial charge in [-0.15, -0.1) is 0 Å². The van der Waals surface area contributed by atoms with Crippen LogP contribution in [0.25, 0.3) is 0 Å². The van der Waals surface area contributed by atoms with E-state index in [1.807, 2.05) is 7.05 Å². The Morgan fingerprint density at radius 3 is 2.83 bits per heavy atom. The van der Waals surface area contributed by atoms with Gasteiger partial charge in [-0.05, 0) is 25.1 Å². The molecule has 0 spiro atoms. The monoisotopic (exact) mass is 268 g/mol. The van der Waals surface area contributed by atoms with E-state index in [0.717, 1.165) is 13.1 Å². The number of ether oxygens (including phenoxy) is 1. The molecule has 0 radical (unpaired) electrons. The van der Waals surface area contributed by atoms with Gasteiger partial charge in [0, 0.05) is 25.2 Å². The Morgan fingerprint density at radius 2 is 2.28 bits per heavy atom. The number of rotatable bonds is 4. The molecule has 18 heavy (non-hydrogen) atoms. The molecule has 1 aliphatic heterocycles. The standard InChI is InChI=1S/C13H17ClN2O2/c1-9(13(17)16(2)11-7-15-8-11)18-12-5-3-4-10(14)6-12/h3-6,9,11,15H,7-8H2,1-2H3. The molecule has 0 saturated carbocycles. The summed E-state index contributed by atoms with van der Waals surface area (Å²) in [6.45, 7) is 3.46. The van der Waals surface area contributed by atoms with Crippen LogP contribution in [-0.4, -0.2) is 43.1 Å². The van der Waals surface area contributed by atoms with Crippen LogP contribution in [0.15, 0.2) is 24.3 Å². The Hall–Kier alpha value is -1.26. The molecule has 4 nitrogen and oxygen atoms in total. The third-order valence-electron chi connectivity index (χ3n) is 3.11. The minimum Gasteiger partial charge on any atom is -0.481 e.